The molecule has 0 aliphatic carbocycles. The highest BCUT2D eigenvalue weighted by molar-refractivity contribution is 5.55. The summed E-state index contributed by atoms with van der Waals surface area (Å²) in [5.74, 6) is 0.134. The van der Waals surface area contributed by atoms with Gasteiger partial charge in [0, 0.05) is 24.9 Å². The normalized spacial score (nSPS) is 13.0. The highest BCUT2D eigenvalue weighted by atomic mass is 19.4. The van der Waals surface area contributed by atoms with Crippen LogP contribution in [-0.4, -0.2) is 23.2 Å². The number of nitro benzene ring substituents is 1. The van der Waals surface area contributed by atoms with E-state index in [4.69, 9.17) is 5.11 Å². The molecule has 8 heteroatoms. The first kappa shape index (κ1) is 17.2. The van der Waals surface area contributed by atoms with Gasteiger partial charge < -0.3 is 10.4 Å². The third kappa shape index (κ3) is 5.22. The van der Waals surface area contributed by atoms with Crippen molar-refractivity contribution < 1.29 is 23.2 Å². The molecule has 0 bridgehead atoms. The fourth-order valence-corrected chi connectivity index (χ4v) is 1.81. The average Bonchev–Trinajstić information content (AvgIpc) is 2.41. The van der Waals surface area contributed by atoms with E-state index >= 15 is 0 Å². The van der Waals surface area contributed by atoms with Crippen molar-refractivity contribution in [3.63, 3.8) is 0 Å². The molecule has 1 aromatic rings. The Kier molecular flexibility index (Phi) is 5.95. The summed E-state index contributed by atoms with van der Waals surface area (Å²) < 4.78 is 38.3. The quantitative estimate of drug-likeness (QED) is 0.460. The van der Waals surface area contributed by atoms with Crippen molar-refractivity contribution in [3.05, 3.63) is 33.9 Å². The molecule has 1 unspecified atom stereocenters. The van der Waals surface area contributed by atoms with Gasteiger partial charge in [-0.1, -0.05) is 6.92 Å². The first-order chi connectivity index (χ1) is 9.75. The molecule has 0 aliphatic rings. The van der Waals surface area contributed by atoms with Gasteiger partial charge in [-0.2, -0.15) is 13.2 Å². The number of nitro groups is 1. The van der Waals surface area contributed by atoms with Crippen LogP contribution in [0.5, 0.6) is 0 Å². The van der Waals surface area contributed by atoms with Gasteiger partial charge in [0.2, 0.25) is 0 Å². The zero-order chi connectivity index (χ0) is 16.0. The van der Waals surface area contributed by atoms with Gasteiger partial charge in [-0.05, 0) is 30.9 Å². The third-order valence-corrected chi connectivity index (χ3v) is 3.01. The number of nitrogens with one attached hydrogen (secondary N) is 1. The van der Waals surface area contributed by atoms with Gasteiger partial charge in [0.1, 0.15) is 5.56 Å². The van der Waals surface area contributed by atoms with Crippen LogP contribution in [-0.2, 0) is 6.18 Å². The maximum absolute atomic E-state index is 12.8. The molecule has 0 saturated heterocycles. The molecule has 0 radical (unpaired) electrons. The molecule has 1 rings (SSSR count). The Labute approximate surface area is 119 Å². The van der Waals surface area contributed by atoms with Crippen molar-refractivity contribution >= 4 is 11.4 Å². The zero-order valence-corrected chi connectivity index (χ0v) is 11.5. The minimum absolute atomic E-state index is 0.0652. The molecule has 0 aliphatic heterocycles. The first-order valence-corrected chi connectivity index (χ1v) is 6.46. The SMILES string of the molecule is CC(CO)CCCNc1ccc([N+](=O)[O-])c(C(F)(F)F)c1. The zero-order valence-electron chi connectivity index (χ0n) is 11.5. The minimum Gasteiger partial charge on any atom is -0.396 e. The van der Waals surface area contributed by atoms with E-state index in [1.807, 2.05) is 6.92 Å². The van der Waals surface area contributed by atoms with E-state index < -0.39 is 22.4 Å². The largest absolute Gasteiger partial charge is 0.423 e. The van der Waals surface area contributed by atoms with Crippen molar-refractivity contribution in [2.75, 3.05) is 18.5 Å². The van der Waals surface area contributed by atoms with Crippen molar-refractivity contribution in [1.82, 2.24) is 0 Å². The molecule has 0 amide bonds. The Morgan fingerprint density at radius 3 is 2.62 bits per heavy atom. The molecule has 0 aromatic heterocycles. The molecule has 5 nitrogen and oxygen atoms in total. The Morgan fingerprint density at radius 1 is 1.43 bits per heavy atom. The fourth-order valence-electron chi connectivity index (χ4n) is 1.81. The number of hydrogen-bond donors (Lipinski definition) is 2. The van der Waals surface area contributed by atoms with Crippen LogP contribution in [0.3, 0.4) is 0 Å². The number of aliphatic hydroxyl groups is 1. The van der Waals surface area contributed by atoms with Crippen molar-refractivity contribution in [3.8, 4) is 0 Å². The molecular formula is C13H17F3N2O3. The molecule has 0 fully saturated rings. The highest BCUT2D eigenvalue weighted by Gasteiger charge is 2.38. The lowest BCUT2D eigenvalue weighted by atomic mass is 10.1. The summed E-state index contributed by atoms with van der Waals surface area (Å²) in [6.07, 6.45) is -3.35. The Bertz CT molecular complexity index is 492. The number of nitrogens with zero attached hydrogens (tertiary/aromatic N) is 1. The fraction of sp³-hybridized carbons (Fsp3) is 0.538. The van der Waals surface area contributed by atoms with Crippen molar-refractivity contribution in [2.24, 2.45) is 5.92 Å². The monoisotopic (exact) mass is 306 g/mol. The van der Waals surface area contributed by atoms with Crippen molar-refractivity contribution in [1.29, 1.82) is 0 Å². The maximum atomic E-state index is 12.8. The lowest BCUT2D eigenvalue weighted by molar-refractivity contribution is -0.388. The molecule has 1 aromatic carbocycles. The van der Waals surface area contributed by atoms with Crippen molar-refractivity contribution in [2.45, 2.75) is 25.9 Å². The molecular weight excluding hydrogens is 289 g/mol. The number of aliphatic hydroxyl groups excluding tert-OH is 1. The summed E-state index contributed by atoms with van der Waals surface area (Å²) in [5, 5.41) is 22.3. The second-order valence-corrected chi connectivity index (χ2v) is 4.84. The summed E-state index contributed by atoms with van der Waals surface area (Å²) in [7, 11) is 0. The van der Waals surface area contributed by atoms with Gasteiger partial charge in [0.15, 0.2) is 0 Å². The van der Waals surface area contributed by atoms with E-state index in [9.17, 15) is 23.3 Å². The van der Waals surface area contributed by atoms with Gasteiger partial charge in [0.25, 0.3) is 5.69 Å². The van der Waals surface area contributed by atoms with Crippen LogP contribution < -0.4 is 5.32 Å². The number of benzene rings is 1. The summed E-state index contributed by atoms with van der Waals surface area (Å²) in [6, 6.07) is 2.85. The van der Waals surface area contributed by atoms with Crippen LogP contribution >= 0.6 is 0 Å². The first-order valence-electron chi connectivity index (χ1n) is 6.46. The third-order valence-electron chi connectivity index (χ3n) is 3.01. The minimum atomic E-state index is -4.77. The van der Waals surface area contributed by atoms with Gasteiger partial charge >= 0.3 is 6.18 Å². The maximum Gasteiger partial charge on any atom is 0.423 e. The van der Waals surface area contributed by atoms with Crippen LogP contribution in [0.25, 0.3) is 0 Å². The molecule has 0 saturated carbocycles. The van der Waals surface area contributed by atoms with Crippen LogP contribution in [0.15, 0.2) is 18.2 Å². The van der Waals surface area contributed by atoms with E-state index in [1.165, 1.54) is 6.07 Å². The molecule has 2 N–H and O–H groups in total. The second-order valence-electron chi connectivity index (χ2n) is 4.84. The standard InChI is InChI=1S/C13H17F3N2O3/c1-9(8-19)3-2-6-17-10-4-5-12(18(20)21)11(7-10)13(14,15)16/h4-5,7,9,17,19H,2-3,6,8H2,1H3. The van der Waals surface area contributed by atoms with Gasteiger partial charge in [-0.15, -0.1) is 0 Å². The number of rotatable bonds is 7. The van der Waals surface area contributed by atoms with Gasteiger partial charge in [-0.3, -0.25) is 10.1 Å². The average molecular weight is 306 g/mol. The Balaban J connectivity index is 2.75. The summed E-state index contributed by atoms with van der Waals surface area (Å²) in [6.45, 7) is 2.36. The van der Waals surface area contributed by atoms with Gasteiger partial charge in [0.05, 0.1) is 4.92 Å². The van der Waals surface area contributed by atoms with Crippen LogP contribution in [0.4, 0.5) is 24.5 Å². The topological polar surface area (TPSA) is 75.4 Å². The van der Waals surface area contributed by atoms with E-state index in [2.05, 4.69) is 5.32 Å². The summed E-state index contributed by atoms with van der Waals surface area (Å²) in [5.41, 5.74) is -2.03. The summed E-state index contributed by atoms with van der Waals surface area (Å²) >= 11 is 0. The van der Waals surface area contributed by atoms with E-state index in [0.29, 0.717) is 13.0 Å². The Morgan fingerprint density at radius 2 is 2.10 bits per heavy atom. The van der Waals surface area contributed by atoms with Crippen LogP contribution in [0.2, 0.25) is 0 Å². The number of anilines is 1. The van der Waals surface area contributed by atoms with E-state index in [0.717, 1.165) is 18.6 Å². The highest BCUT2D eigenvalue weighted by Crippen LogP contribution is 2.37. The predicted octanol–water partition coefficient (Wildman–Crippen LogP) is 3.43. The van der Waals surface area contributed by atoms with Crippen LogP contribution in [0, 0.1) is 16.0 Å². The lowest BCUT2D eigenvalue weighted by Gasteiger charge is -2.12. The second kappa shape index (κ2) is 7.26. The van der Waals surface area contributed by atoms with Gasteiger partial charge in [-0.25, -0.2) is 0 Å². The number of halogens is 3. The summed E-state index contributed by atoms with van der Waals surface area (Å²) in [4.78, 5) is 9.56. The lowest BCUT2D eigenvalue weighted by Crippen LogP contribution is -2.11. The molecule has 0 heterocycles. The number of alkyl halides is 3. The van der Waals surface area contributed by atoms with E-state index in [1.54, 1.807) is 0 Å². The molecule has 21 heavy (non-hydrogen) atoms. The number of hydrogen-bond acceptors (Lipinski definition) is 4. The smallest absolute Gasteiger partial charge is 0.396 e. The molecule has 1 atom stereocenters. The molecule has 118 valence electrons. The van der Waals surface area contributed by atoms with Crippen LogP contribution in [0.1, 0.15) is 25.3 Å². The predicted molar refractivity (Wildman–Crippen MR) is 72.1 cm³/mol. The van der Waals surface area contributed by atoms with E-state index in [-0.39, 0.29) is 18.2 Å². The molecule has 0 spiro atoms. The Hall–Kier alpha value is -1.83.